The number of furan rings is 1. The van der Waals surface area contributed by atoms with Crippen molar-refractivity contribution in [2.75, 3.05) is 33.3 Å². The van der Waals surface area contributed by atoms with Gasteiger partial charge in [0.15, 0.2) is 5.76 Å². The normalized spacial score (nSPS) is 15.6. The van der Waals surface area contributed by atoms with Gasteiger partial charge in [-0.25, -0.2) is 4.79 Å². The van der Waals surface area contributed by atoms with E-state index in [9.17, 15) is 14.4 Å². The molecular formula is C21H25N3O5. The summed E-state index contributed by atoms with van der Waals surface area (Å²) in [6, 6.07) is 9.97. The number of hydrogen-bond donors (Lipinski definition) is 1. The summed E-state index contributed by atoms with van der Waals surface area (Å²) in [7, 11) is 1.34. The predicted octanol–water partition coefficient (Wildman–Crippen LogP) is 1.53. The van der Waals surface area contributed by atoms with Crippen LogP contribution in [0.4, 0.5) is 0 Å². The molecule has 2 amide bonds. The standard InChI is InChI=1S/C21H25N3O5/c1-15(19(25)22-14-16-5-7-17(8-6-16)21(27)28-2)23-9-11-24(12-10-23)20(26)18-4-3-13-29-18/h3-8,13,15H,9-12,14H2,1-2H3,(H,22,25)/t15-/m0/s1. The van der Waals surface area contributed by atoms with Gasteiger partial charge in [0, 0.05) is 32.7 Å². The average Bonchev–Trinajstić information content (AvgIpc) is 3.31. The molecule has 1 fully saturated rings. The van der Waals surface area contributed by atoms with Crippen molar-refractivity contribution in [1.82, 2.24) is 15.1 Å². The van der Waals surface area contributed by atoms with Crippen molar-refractivity contribution in [1.29, 1.82) is 0 Å². The molecule has 29 heavy (non-hydrogen) atoms. The second-order valence-corrected chi connectivity index (χ2v) is 6.89. The van der Waals surface area contributed by atoms with Gasteiger partial charge in [0.25, 0.3) is 5.91 Å². The maximum absolute atomic E-state index is 12.5. The zero-order valence-corrected chi connectivity index (χ0v) is 16.6. The van der Waals surface area contributed by atoms with Crippen LogP contribution in [0.2, 0.25) is 0 Å². The van der Waals surface area contributed by atoms with Crippen LogP contribution in [0.15, 0.2) is 47.1 Å². The lowest BCUT2D eigenvalue weighted by Gasteiger charge is -2.37. The molecule has 154 valence electrons. The molecule has 0 aliphatic carbocycles. The van der Waals surface area contributed by atoms with Crippen molar-refractivity contribution in [3.8, 4) is 0 Å². The Labute approximate surface area is 169 Å². The van der Waals surface area contributed by atoms with Gasteiger partial charge in [-0.2, -0.15) is 0 Å². The highest BCUT2D eigenvalue weighted by Crippen LogP contribution is 2.12. The number of rotatable bonds is 6. The Hall–Kier alpha value is -3.13. The van der Waals surface area contributed by atoms with Crippen molar-refractivity contribution >= 4 is 17.8 Å². The van der Waals surface area contributed by atoms with Gasteiger partial charge in [-0.05, 0) is 36.8 Å². The van der Waals surface area contributed by atoms with Crippen LogP contribution in [0.3, 0.4) is 0 Å². The maximum atomic E-state index is 12.5. The Morgan fingerprint density at radius 2 is 1.79 bits per heavy atom. The number of hydrogen-bond acceptors (Lipinski definition) is 6. The van der Waals surface area contributed by atoms with E-state index in [4.69, 9.17) is 4.42 Å². The van der Waals surface area contributed by atoms with Crippen LogP contribution in [0.5, 0.6) is 0 Å². The zero-order valence-electron chi connectivity index (χ0n) is 16.6. The van der Waals surface area contributed by atoms with E-state index in [1.165, 1.54) is 13.4 Å². The van der Waals surface area contributed by atoms with Crippen molar-refractivity contribution in [2.24, 2.45) is 0 Å². The van der Waals surface area contributed by atoms with Crippen LogP contribution in [-0.2, 0) is 16.1 Å². The number of methoxy groups -OCH3 is 1. The summed E-state index contributed by atoms with van der Waals surface area (Å²) in [6.07, 6.45) is 1.49. The molecule has 0 bridgehead atoms. The van der Waals surface area contributed by atoms with Gasteiger partial charge in [-0.3, -0.25) is 14.5 Å². The number of amides is 2. The number of benzene rings is 1. The first-order chi connectivity index (χ1) is 14.0. The van der Waals surface area contributed by atoms with E-state index in [-0.39, 0.29) is 23.8 Å². The van der Waals surface area contributed by atoms with Crippen molar-refractivity contribution in [3.63, 3.8) is 0 Å². The average molecular weight is 399 g/mol. The topological polar surface area (TPSA) is 92.1 Å². The van der Waals surface area contributed by atoms with Gasteiger partial charge in [0.2, 0.25) is 5.91 Å². The molecule has 0 radical (unpaired) electrons. The molecule has 0 saturated carbocycles. The van der Waals surface area contributed by atoms with E-state index in [0.29, 0.717) is 44.0 Å². The van der Waals surface area contributed by atoms with Crippen molar-refractivity contribution in [2.45, 2.75) is 19.5 Å². The lowest BCUT2D eigenvalue weighted by molar-refractivity contribution is -0.126. The SMILES string of the molecule is COC(=O)c1ccc(CNC(=O)[C@H](C)N2CCN(C(=O)c3ccco3)CC2)cc1. The lowest BCUT2D eigenvalue weighted by Crippen LogP contribution is -2.54. The number of ether oxygens (including phenoxy) is 1. The summed E-state index contributed by atoms with van der Waals surface area (Å²) in [4.78, 5) is 40.1. The molecule has 0 spiro atoms. The molecule has 8 nitrogen and oxygen atoms in total. The summed E-state index contributed by atoms with van der Waals surface area (Å²) in [5, 5.41) is 2.92. The quantitative estimate of drug-likeness (QED) is 0.741. The van der Waals surface area contributed by atoms with E-state index >= 15 is 0 Å². The fraction of sp³-hybridized carbons (Fsp3) is 0.381. The molecule has 1 aliphatic rings. The minimum atomic E-state index is -0.390. The largest absolute Gasteiger partial charge is 0.465 e. The minimum absolute atomic E-state index is 0.0761. The van der Waals surface area contributed by atoms with E-state index in [1.54, 1.807) is 41.3 Å². The first-order valence-corrected chi connectivity index (χ1v) is 9.51. The van der Waals surface area contributed by atoms with Gasteiger partial charge < -0.3 is 19.4 Å². The van der Waals surface area contributed by atoms with Crippen molar-refractivity contribution < 1.29 is 23.5 Å². The van der Waals surface area contributed by atoms with Crippen molar-refractivity contribution in [3.05, 3.63) is 59.5 Å². The van der Waals surface area contributed by atoms with Crippen LogP contribution in [-0.4, -0.2) is 66.9 Å². The summed E-state index contributed by atoms with van der Waals surface area (Å²) in [5.74, 6) is -0.253. The molecule has 8 heteroatoms. The monoisotopic (exact) mass is 399 g/mol. The van der Waals surface area contributed by atoms with Gasteiger partial charge in [0.1, 0.15) is 0 Å². The number of nitrogens with zero attached hydrogens (tertiary/aromatic N) is 2. The van der Waals surface area contributed by atoms with Gasteiger partial charge in [-0.15, -0.1) is 0 Å². The Morgan fingerprint density at radius 1 is 1.10 bits per heavy atom. The Bertz CT molecular complexity index is 840. The van der Waals surface area contributed by atoms with Crippen LogP contribution >= 0.6 is 0 Å². The first-order valence-electron chi connectivity index (χ1n) is 9.51. The second kappa shape index (κ2) is 9.38. The molecule has 1 saturated heterocycles. The van der Waals surface area contributed by atoms with Crippen LogP contribution in [0.25, 0.3) is 0 Å². The summed E-state index contributed by atoms with van der Waals surface area (Å²) < 4.78 is 9.84. The third-order valence-corrected chi connectivity index (χ3v) is 5.10. The number of esters is 1. The molecule has 1 atom stereocenters. The first kappa shape index (κ1) is 20.6. The summed E-state index contributed by atoms with van der Waals surface area (Å²) >= 11 is 0. The fourth-order valence-electron chi connectivity index (χ4n) is 3.25. The number of piperazine rings is 1. The van der Waals surface area contributed by atoms with E-state index in [2.05, 4.69) is 15.0 Å². The summed E-state index contributed by atoms with van der Waals surface area (Å²) in [6.45, 7) is 4.57. The predicted molar refractivity (Wildman–Crippen MR) is 105 cm³/mol. The fourth-order valence-corrected chi connectivity index (χ4v) is 3.25. The lowest BCUT2D eigenvalue weighted by atomic mass is 10.1. The molecule has 0 unspecified atom stereocenters. The molecule has 1 N–H and O–H groups in total. The molecule has 2 heterocycles. The number of nitrogens with one attached hydrogen (secondary N) is 1. The second-order valence-electron chi connectivity index (χ2n) is 6.89. The third kappa shape index (κ3) is 5.03. The highest BCUT2D eigenvalue weighted by molar-refractivity contribution is 5.91. The Morgan fingerprint density at radius 3 is 2.38 bits per heavy atom. The minimum Gasteiger partial charge on any atom is -0.465 e. The van der Waals surface area contributed by atoms with Crippen LogP contribution in [0, 0.1) is 0 Å². The zero-order chi connectivity index (χ0) is 20.8. The maximum Gasteiger partial charge on any atom is 0.337 e. The molecule has 1 aliphatic heterocycles. The van der Waals surface area contributed by atoms with Crippen LogP contribution in [0.1, 0.15) is 33.4 Å². The molecular weight excluding hydrogens is 374 g/mol. The summed E-state index contributed by atoms with van der Waals surface area (Å²) in [5.41, 5.74) is 1.37. The molecule has 1 aromatic heterocycles. The third-order valence-electron chi connectivity index (χ3n) is 5.10. The van der Waals surface area contributed by atoms with Gasteiger partial charge in [0.05, 0.1) is 25.0 Å². The molecule has 1 aromatic carbocycles. The Kier molecular flexibility index (Phi) is 6.66. The van der Waals surface area contributed by atoms with Crippen LogP contribution < -0.4 is 5.32 Å². The van der Waals surface area contributed by atoms with Gasteiger partial charge >= 0.3 is 5.97 Å². The highest BCUT2D eigenvalue weighted by atomic mass is 16.5. The van der Waals surface area contributed by atoms with E-state index in [1.807, 2.05) is 6.92 Å². The van der Waals surface area contributed by atoms with E-state index < -0.39 is 0 Å². The number of carbonyl (C=O) groups excluding carboxylic acids is 3. The van der Waals surface area contributed by atoms with Gasteiger partial charge in [-0.1, -0.05) is 12.1 Å². The molecule has 3 rings (SSSR count). The highest BCUT2D eigenvalue weighted by Gasteiger charge is 2.28. The Balaban J connectivity index is 1.46. The number of carbonyl (C=O) groups is 3. The smallest absolute Gasteiger partial charge is 0.337 e. The van der Waals surface area contributed by atoms with E-state index in [0.717, 1.165) is 5.56 Å². The molecule has 2 aromatic rings.